The highest BCUT2D eigenvalue weighted by atomic mass is 19.1. The normalized spacial score (nSPS) is 11.5. The molecule has 4 aromatic rings. The van der Waals surface area contributed by atoms with E-state index in [2.05, 4.69) is 17.0 Å². The van der Waals surface area contributed by atoms with Crippen molar-refractivity contribution in [3.8, 4) is 5.95 Å². The number of hydrogen-bond donors (Lipinski definition) is 0. The molecule has 0 fully saturated rings. The molecule has 0 aliphatic rings. The van der Waals surface area contributed by atoms with Gasteiger partial charge in [-0.3, -0.25) is 13.9 Å². The van der Waals surface area contributed by atoms with Crippen molar-refractivity contribution in [3.05, 3.63) is 73.9 Å². The lowest BCUT2D eigenvalue weighted by molar-refractivity contribution is 0.579. The molecule has 0 unspecified atom stereocenters. The number of halogens is 1. The minimum atomic E-state index is -0.541. The first-order valence-corrected chi connectivity index (χ1v) is 10.3. The summed E-state index contributed by atoms with van der Waals surface area (Å²) >= 11 is 0. The van der Waals surface area contributed by atoms with Crippen LogP contribution in [0.2, 0.25) is 0 Å². The largest absolute Gasteiger partial charge is 0.332 e. The molecule has 0 amide bonds. The van der Waals surface area contributed by atoms with Crippen LogP contribution in [0.25, 0.3) is 17.1 Å². The van der Waals surface area contributed by atoms with E-state index in [1.165, 1.54) is 10.6 Å². The topological polar surface area (TPSA) is 79.6 Å². The first-order chi connectivity index (χ1) is 14.8. The molecule has 0 aliphatic carbocycles. The van der Waals surface area contributed by atoms with Crippen molar-refractivity contribution in [1.29, 1.82) is 0 Å². The highest BCUT2D eigenvalue weighted by Gasteiger charge is 2.22. The monoisotopic (exact) mass is 424 g/mol. The van der Waals surface area contributed by atoms with Crippen LogP contribution in [-0.4, -0.2) is 28.5 Å². The molecule has 0 atom stereocenters. The van der Waals surface area contributed by atoms with E-state index in [9.17, 15) is 14.0 Å². The number of aryl methyl sites for hydroxylation is 4. The summed E-state index contributed by atoms with van der Waals surface area (Å²) in [5.74, 6) is 0.0316. The lowest BCUT2D eigenvalue weighted by Crippen LogP contribution is -2.40. The average molecular weight is 424 g/mol. The van der Waals surface area contributed by atoms with Gasteiger partial charge in [0.15, 0.2) is 11.2 Å². The Labute approximate surface area is 178 Å². The molecule has 8 nitrogen and oxygen atoms in total. The molecular formula is C22H25FN6O2. The molecule has 4 rings (SSSR count). The van der Waals surface area contributed by atoms with Crippen LogP contribution in [0.3, 0.4) is 0 Å². The molecule has 0 N–H and O–H groups in total. The van der Waals surface area contributed by atoms with E-state index < -0.39 is 17.1 Å². The highest BCUT2D eigenvalue weighted by molar-refractivity contribution is 5.72. The zero-order valence-electron chi connectivity index (χ0n) is 18.1. The Morgan fingerprint density at radius 3 is 2.48 bits per heavy atom. The molecule has 3 heterocycles. The maximum absolute atomic E-state index is 14.2. The van der Waals surface area contributed by atoms with E-state index in [1.807, 2.05) is 24.5 Å². The predicted molar refractivity (Wildman–Crippen MR) is 116 cm³/mol. The third kappa shape index (κ3) is 3.49. The second-order valence-electron chi connectivity index (χ2n) is 7.75. The first kappa shape index (κ1) is 20.8. The van der Waals surface area contributed by atoms with Gasteiger partial charge in [0.05, 0.1) is 12.2 Å². The Bertz CT molecular complexity index is 1390. The molecule has 0 spiro atoms. The van der Waals surface area contributed by atoms with Gasteiger partial charge in [0.25, 0.3) is 5.56 Å². The molecule has 31 heavy (non-hydrogen) atoms. The fourth-order valence-electron chi connectivity index (χ4n) is 3.82. The van der Waals surface area contributed by atoms with Crippen LogP contribution in [0.1, 0.15) is 36.7 Å². The Hall–Kier alpha value is -3.49. The van der Waals surface area contributed by atoms with Gasteiger partial charge in [-0.15, -0.1) is 0 Å². The van der Waals surface area contributed by atoms with Crippen LogP contribution in [0.4, 0.5) is 4.39 Å². The standard InChI is InChI=1S/C22H25FN6O2/c1-5-6-11-27-18-19(24-21(27)29-15(3)12-14(2)25-29)26(4)22(31)28(20(18)30)13-16-9-7-8-10-17(16)23/h7-10,12H,5-6,11,13H2,1-4H3. The van der Waals surface area contributed by atoms with Gasteiger partial charge < -0.3 is 4.57 Å². The fraction of sp³-hybridized carbons (Fsp3) is 0.364. The van der Waals surface area contributed by atoms with Crippen molar-refractivity contribution < 1.29 is 4.39 Å². The molecule has 0 aliphatic heterocycles. The van der Waals surface area contributed by atoms with E-state index in [4.69, 9.17) is 0 Å². The van der Waals surface area contributed by atoms with E-state index >= 15 is 0 Å². The summed E-state index contributed by atoms with van der Waals surface area (Å²) in [7, 11) is 1.57. The second kappa shape index (κ2) is 7.98. The lowest BCUT2D eigenvalue weighted by atomic mass is 10.2. The van der Waals surface area contributed by atoms with Crippen molar-refractivity contribution in [1.82, 2.24) is 28.5 Å². The number of benzene rings is 1. The summed E-state index contributed by atoms with van der Waals surface area (Å²) < 4.78 is 20.1. The van der Waals surface area contributed by atoms with Crippen LogP contribution in [-0.2, 0) is 20.1 Å². The third-order valence-electron chi connectivity index (χ3n) is 5.43. The Morgan fingerprint density at radius 2 is 1.84 bits per heavy atom. The zero-order chi connectivity index (χ0) is 22.3. The molecule has 0 saturated heterocycles. The zero-order valence-corrected chi connectivity index (χ0v) is 18.1. The number of aromatic nitrogens is 6. The summed E-state index contributed by atoms with van der Waals surface area (Å²) in [5.41, 5.74) is 1.56. The maximum atomic E-state index is 14.2. The average Bonchev–Trinajstić information content (AvgIpc) is 3.28. The molecule has 9 heteroatoms. The molecule has 3 aromatic heterocycles. The minimum Gasteiger partial charge on any atom is -0.302 e. The van der Waals surface area contributed by atoms with Crippen molar-refractivity contribution in [2.75, 3.05) is 0 Å². The third-order valence-corrected chi connectivity index (χ3v) is 5.43. The second-order valence-corrected chi connectivity index (χ2v) is 7.75. The first-order valence-electron chi connectivity index (χ1n) is 10.3. The van der Waals surface area contributed by atoms with Gasteiger partial charge in [-0.2, -0.15) is 10.1 Å². The SMILES string of the molecule is CCCCn1c(-n2nc(C)cc2C)nc2c1c(=O)n(Cc1ccccc1F)c(=O)n2C. The number of fused-ring (bicyclic) bond motifs is 1. The molecule has 0 saturated carbocycles. The smallest absolute Gasteiger partial charge is 0.302 e. The van der Waals surface area contributed by atoms with E-state index in [0.717, 1.165) is 28.8 Å². The quantitative estimate of drug-likeness (QED) is 0.477. The number of hydrogen-bond acceptors (Lipinski definition) is 4. The number of unbranched alkanes of at least 4 members (excludes halogenated alkanes) is 1. The van der Waals surface area contributed by atoms with E-state index in [1.54, 1.807) is 29.9 Å². The maximum Gasteiger partial charge on any atom is 0.332 e. The Balaban J connectivity index is 2.01. The fourth-order valence-corrected chi connectivity index (χ4v) is 3.82. The van der Waals surface area contributed by atoms with Gasteiger partial charge in [-0.1, -0.05) is 31.5 Å². The summed E-state index contributed by atoms with van der Waals surface area (Å²) in [6, 6.07) is 8.07. The molecular weight excluding hydrogens is 399 g/mol. The summed E-state index contributed by atoms with van der Waals surface area (Å²) in [6.07, 6.45) is 1.75. The van der Waals surface area contributed by atoms with Crippen molar-refractivity contribution in [2.24, 2.45) is 7.05 Å². The van der Waals surface area contributed by atoms with Crippen LogP contribution < -0.4 is 11.2 Å². The number of nitrogens with zero attached hydrogens (tertiary/aromatic N) is 6. The Morgan fingerprint density at radius 1 is 1.10 bits per heavy atom. The van der Waals surface area contributed by atoms with Crippen LogP contribution in [0.5, 0.6) is 0 Å². The molecule has 0 radical (unpaired) electrons. The van der Waals surface area contributed by atoms with Crippen molar-refractivity contribution in [2.45, 2.75) is 46.7 Å². The van der Waals surface area contributed by atoms with Gasteiger partial charge >= 0.3 is 5.69 Å². The van der Waals surface area contributed by atoms with Crippen LogP contribution in [0, 0.1) is 19.7 Å². The highest BCUT2D eigenvalue weighted by Crippen LogP contribution is 2.18. The number of rotatable bonds is 6. The predicted octanol–water partition coefficient (Wildman–Crippen LogP) is 2.69. The lowest BCUT2D eigenvalue weighted by Gasteiger charge is -2.11. The molecule has 0 bridgehead atoms. The van der Waals surface area contributed by atoms with Gasteiger partial charge in [-0.25, -0.2) is 13.9 Å². The van der Waals surface area contributed by atoms with Crippen molar-refractivity contribution >= 4 is 11.2 Å². The minimum absolute atomic E-state index is 0.150. The summed E-state index contributed by atoms with van der Waals surface area (Å²) in [4.78, 5) is 31.1. The van der Waals surface area contributed by atoms with Crippen molar-refractivity contribution in [3.63, 3.8) is 0 Å². The van der Waals surface area contributed by atoms with Gasteiger partial charge in [-0.05, 0) is 32.4 Å². The summed E-state index contributed by atoms with van der Waals surface area (Å²) in [6.45, 7) is 6.27. The van der Waals surface area contributed by atoms with Crippen LogP contribution in [0.15, 0.2) is 39.9 Å². The number of imidazole rings is 1. The van der Waals surface area contributed by atoms with Gasteiger partial charge in [0, 0.05) is 24.8 Å². The van der Waals surface area contributed by atoms with Gasteiger partial charge in [0.2, 0.25) is 5.95 Å². The van der Waals surface area contributed by atoms with E-state index in [0.29, 0.717) is 23.7 Å². The van der Waals surface area contributed by atoms with Gasteiger partial charge in [0.1, 0.15) is 5.82 Å². The van der Waals surface area contributed by atoms with Crippen LogP contribution >= 0.6 is 0 Å². The molecule has 1 aromatic carbocycles. The Kier molecular flexibility index (Phi) is 5.34. The molecule has 162 valence electrons. The summed E-state index contributed by atoms with van der Waals surface area (Å²) in [5, 5.41) is 4.52. The van der Waals surface area contributed by atoms with E-state index in [-0.39, 0.29) is 12.1 Å².